The van der Waals surface area contributed by atoms with Gasteiger partial charge in [-0.1, -0.05) is 29.8 Å². The lowest BCUT2D eigenvalue weighted by atomic mass is 9.78. The van der Waals surface area contributed by atoms with Crippen LogP contribution in [0, 0.1) is 5.41 Å². The molecule has 3 heteroatoms. The highest BCUT2D eigenvalue weighted by Crippen LogP contribution is 2.37. The van der Waals surface area contributed by atoms with Crippen molar-refractivity contribution in [1.82, 2.24) is 10.2 Å². The molecule has 1 aromatic carbocycles. The Labute approximate surface area is 114 Å². The predicted octanol–water partition coefficient (Wildman–Crippen LogP) is 2.92. The molecule has 1 aromatic rings. The van der Waals surface area contributed by atoms with Crippen LogP contribution >= 0.6 is 11.6 Å². The van der Waals surface area contributed by atoms with Crippen molar-refractivity contribution < 1.29 is 0 Å². The topological polar surface area (TPSA) is 15.3 Å². The number of likely N-dealkylation sites (tertiary alicyclic amines) is 1. The van der Waals surface area contributed by atoms with Gasteiger partial charge < -0.3 is 5.32 Å². The van der Waals surface area contributed by atoms with Crippen molar-refractivity contribution in [3.05, 3.63) is 34.9 Å². The molecule has 2 saturated heterocycles. The molecule has 2 nitrogen and oxygen atoms in total. The standard InChI is InChI=1S/C15H21ClN2/c16-14-4-2-1-3-13(14)11-18-9-6-15(7-10-18)5-8-17-12-15/h1-4,17H,5-12H2. The highest BCUT2D eigenvalue weighted by atomic mass is 35.5. The fraction of sp³-hybridized carbons (Fsp3) is 0.600. The smallest absolute Gasteiger partial charge is 0.0451 e. The van der Waals surface area contributed by atoms with Crippen LogP contribution in [-0.2, 0) is 6.54 Å². The first kappa shape index (κ1) is 12.5. The average Bonchev–Trinajstić information content (AvgIpc) is 2.84. The van der Waals surface area contributed by atoms with Gasteiger partial charge in [0.1, 0.15) is 0 Å². The lowest BCUT2D eigenvalue weighted by molar-refractivity contribution is 0.114. The number of nitrogens with zero attached hydrogens (tertiary/aromatic N) is 1. The van der Waals surface area contributed by atoms with Crippen LogP contribution in [0.5, 0.6) is 0 Å². The third kappa shape index (κ3) is 2.56. The van der Waals surface area contributed by atoms with Gasteiger partial charge in [-0.15, -0.1) is 0 Å². The van der Waals surface area contributed by atoms with Crippen LogP contribution in [0.1, 0.15) is 24.8 Å². The molecule has 2 aliphatic rings. The summed E-state index contributed by atoms with van der Waals surface area (Å²) in [6.45, 7) is 5.88. The van der Waals surface area contributed by atoms with E-state index in [1.54, 1.807) is 0 Å². The molecular weight excluding hydrogens is 244 g/mol. The minimum Gasteiger partial charge on any atom is -0.316 e. The van der Waals surface area contributed by atoms with Gasteiger partial charge in [-0.05, 0) is 55.9 Å². The van der Waals surface area contributed by atoms with E-state index in [0.717, 1.165) is 11.6 Å². The van der Waals surface area contributed by atoms with Gasteiger partial charge in [0.15, 0.2) is 0 Å². The molecule has 0 saturated carbocycles. The first-order valence-corrected chi connectivity index (χ1v) is 7.32. The van der Waals surface area contributed by atoms with Gasteiger partial charge in [0.2, 0.25) is 0 Å². The zero-order chi connectivity index (χ0) is 12.4. The highest BCUT2D eigenvalue weighted by Gasteiger charge is 2.36. The fourth-order valence-corrected chi connectivity index (χ4v) is 3.47. The molecule has 0 bridgehead atoms. The Hall–Kier alpha value is -0.570. The quantitative estimate of drug-likeness (QED) is 0.884. The highest BCUT2D eigenvalue weighted by molar-refractivity contribution is 6.31. The maximum absolute atomic E-state index is 6.23. The van der Waals surface area contributed by atoms with Crippen molar-refractivity contribution in [2.24, 2.45) is 5.41 Å². The van der Waals surface area contributed by atoms with E-state index in [-0.39, 0.29) is 0 Å². The lowest BCUT2D eigenvalue weighted by Gasteiger charge is -2.39. The largest absolute Gasteiger partial charge is 0.316 e. The molecule has 2 fully saturated rings. The lowest BCUT2D eigenvalue weighted by Crippen LogP contribution is -2.40. The maximum atomic E-state index is 6.23. The Morgan fingerprint density at radius 1 is 1.17 bits per heavy atom. The minimum atomic E-state index is 0.608. The third-order valence-corrected chi connectivity index (χ3v) is 4.97. The van der Waals surface area contributed by atoms with E-state index in [1.165, 1.54) is 51.0 Å². The second-order valence-corrected chi connectivity index (χ2v) is 6.20. The van der Waals surface area contributed by atoms with Crippen molar-refractivity contribution in [2.75, 3.05) is 26.2 Å². The summed E-state index contributed by atoms with van der Waals surface area (Å²) in [5.74, 6) is 0. The molecule has 0 atom stereocenters. The second kappa shape index (κ2) is 5.20. The van der Waals surface area contributed by atoms with E-state index in [9.17, 15) is 0 Å². The second-order valence-electron chi connectivity index (χ2n) is 5.79. The van der Waals surface area contributed by atoms with Crippen LogP contribution in [0.3, 0.4) is 0 Å². The molecule has 0 radical (unpaired) electrons. The van der Waals surface area contributed by atoms with E-state index in [0.29, 0.717) is 5.41 Å². The van der Waals surface area contributed by atoms with Crippen LogP contribution in [0.2, 0.25) is 5.02 Å². The van der Waals surface area contributed by atoms with Crippen molar-refractivity contribution >= 4 is 11.6 Å². The Kier molecular flexibility index (Phi) is 3.60. The Morgan fingerprint density at radius 3 is 2.61 bits per heavy atom. The molecule has 0 unspecified atom stereocenters. The maximum Gasteiger partial charge on any atom is 0.0451 e. The van der Waals surface area contributed by atoms with E-state index >= 15 is 0 Å². The SMILES string of the molecule is Clc1ccccc1CN1CCC2(CCNC2)CC1. The van der Waals surface area contributed by atoms with Crippen LogP contribution in [0.15, 0.2) is 24.3 Å². The molecule has 1 N–H and O–H groups in total. The molecule has 0 aromatic heterocycles. The molecular formula is C15H21ClN2. The monoisotopic (exact) mass is 264 g/mol. The summed E-state index contributed by atoms with van der Waals surface area (Å²) >= 11 is 6.23. The van der Waals surface area contributed by atoms with E-state index in [4.69, 9.17) is 11.6 Å². The molecule has 3 rings (SSSR count). The number of nitrogens with one attached hydrogen (secondary N) is 1. The molecule has 1 spiro atoms. The zero-order valence-corrected chi connectivity index (χ0v) is 11.5. The van der Waals surface area contributed by atoms with Crippen molar-refractivity contribution in [3.8, 4) is 0 Å². The minimum absolute atomic E-state index is 0.608. The van der Waals surface area contributed by atoms with Gasteiger partial charge in [0.05, 0.1) is 0 Å². The van der Waals surface area contributed by atoms with Gasteiger partial charge in [-0.3, -0.25) is 4.90 Å². The summed E-state index contributed by atoms with van der Waals surface area (Å²) < 4.78 is 0. The van der Waals surface area contributed by atoms with Crippen molar-refractivity contribution in [2.45, 2.75) is 25.8 Å². The van der Waals surface area contributed by atoms with Crippen LogP contribution in [0.4, 0.5) is 0 Å². The van der Waals surface area contributed by atoms with Gasteiger partial charge in [-0.25, -0.2) is 0 Å². The summed E-state index contributed by atoms with van der Waals surface area (Å²) in [7, 11) is 0. The van der Waals surface area contributed by atoms with E-state index in [1.807, 2.05) is 12.1 Å². The fourth-order valence-electron chi connectivity index (χ4n) is 3.28. The first-order chi connectivity index (χ1) is 8.77. The molecule has 18 heavy (non-hydrogen) atoms. The molecule has 2 aliphatic heterocycles. The van der Waals surface area contributed by atoms with Crippen molar-refractivity contribution in [3.63, 3.8) is 0 Å². The number of piperidine rings is 1. The predicted molar refractivity (Wildman–Crippen MR) is 75.9 cm³/mol. The zero-order valence-electron chi connectivity index (χ0n) is 10.8. The number of hydrogen-bond acceptors (Lipinski definition) is 2. The molecule has 98 valence electrons. The van der Waals surface area contributed by atoms with Gasteiger partial charge in [0.25, 0.3) is 0 Å². The van der Waals surface area contributed by atoms with E-state index < -0.39 is 0 Å². The summed E-state index contributed by atoms with van der Waals surface area (Å²) in [4.78, 5) is 2.55. The third-order valence-electron chi connectivity index (χ3n) is 4.60. The Balaban J connectivity index is 1.59. The number of rotatable bonds is 2. The average molecular weight is 265 g/mol. The molecule has 0 aliphatic carbocycles. The summed E-state index contributed by atoms with van der Waals surface area (Å²) in [6.07, 6.45) is 4.04. The molecule has 0 amide bonds. The van der Waals surface area contributed by atoms with Gasteiger partial charge in [-0.2, -0.15) is 0 Å². The molecule has 2 heterocycles. The Morgan fingerprint density at radius 2 is 1.94 bits per heavy atom. The summed E-state index contributed by atoms with van der Waals surface area (Å²) in [5.41, 5.74) is 1.87. The Bertz CT molecular complexity index is 403. The van der Waals surface area contributed by atoms with Crippen LogP contribution in [0.25, 0.3) is 0 Å². The van der Waals surface area contributed by atoms with E-state index in [2.05, 4.69) is 22.3 Å². The number of hydrogen-bond donors (Lipinski definition) is 1. The number of halogens is 1. The van der Waals surface area contributed by atoms with Gasteiger partial charge >= 0.3 is 0 Å². The normalized spacial score (nSPS) is 23.6. The first-order valence-electron chi connectivity index (χ1n) is 6.94. The van der Waals surface area contributed by atoms with Crippen LogP contribution in [-0.4, -0.2) is 31.1 Å². The van der Waals surface area contributed by atoms with Gasteiger partial charge in [0, 0.05) is 18.1 Å². The van der Waals surface area contributed by atoms with Crippen LogP contribution < -0.4 is 5.32 Å². The van der Waals surface area contributed by atoms with Crippen molar-refractivity contribution in [1.29, 1.82) is 0 Å². The number of benzene rings is 1. The summed E-state index contributed by atoms with van der Waals surface area (Å²) in [5, 5.41) is 4.42. The summed E-state index contributed by atoms with van der Waals surface area (Å²) in [6, 6.07) is 8.21.